The molecule has 1 atom stereocenters. The van der Waals surface area contributed by atoms with Crippen LogP contribution in [0.4, 0.5) is 5.69 Å². The third-order valence-electron chi connectivity index (χ3n) is 6.41. The van der Waals surface area contributed by atoms with Crippen molar-refractivity contribution in [2.45, 2.75) is 37.9 Å². The van der Waals surface area contributed by atoms with Gasteiger partial charge in [-0.25, -0.2) is 0 Å². The topological polar surface area (TPSA) is 76.5 Å². The Morgan fingerprint density at radius 3 is 2.61 bits per heavy atom. The number of hydrogen-bond donors (Lipinski definition) is 2. The average Bonchev–Trinajstić information content (AvgIpc) is 2.86. The molecular weight excluding hydrogens is 452 g/mol. The molecule has 9 heteroatoms. The lowest BCUT2D eigenvalue weighted by Gasteiger charge is -2.34. The minimum Gasteiger partial charge on any atom is -0.509 e. The standard InChI is InChI=1S/C27H35B2N3O4/c1-27(35,19-33)23-9-6-12-31(18-23)17-22-10-11-24(15-25(22)36-26(28)29)32(20-34)14-13-30(2)16-21-7-4-3-5-8-21/h3-5,7-11,15,20,26,33,35H,6,12-14,16-19H2,1-2H3/t27-/m1/s1. The molecule has 36 heavy (non-hydrogen) atoms. The zero-order valence-electron chi connectivity index (χ0n) is 21.2. The third kappa shape index (κ3) is 7.96. The van der Waals surface area contributed by atoms with Crippen molar-refractivity contribution in [3.8, 4) is 5.75 Å². The molecule has 0 saturated carbocycles. The molecule has 0 fully saturated rings. The highest BCUT2D eigenvalue weighted by atomic mass is 16.5. The maximum atomic E-state index is 11.9. The number of carbonyl (C=O) groups is 1. The molecule has 3 rings (SSSR count). The number of ether oxygens (including phenoxy) is 1. The predicted molar refractivity (Wildman–Crippen MR) is 144 cm³/mol. The Morgan fingerprint density at radius 2 is 1.94 bits per heavy atom. The van der Waals surface area contributed by atoms with Crippen molar-refractivity contribution in [3.05, 3.63) is 71.3 Å². The summed E-state index contributed by atoms with van der Waals surface area (Å²) in [6, 6.07) is 15.8. The zero-order valence-corrected chi connectivity index (χ0v) is 21.2. The van der Waals surface area contributed by atoms with Crippen LogP contribution in [0.2, 0.25) is 0 Å². The van der Waals surface area contributed by atoms with Gasteiger partial charge in [-0.2, -0.15) is 0 Å². The van der Waals surface area contributed by atoms with Gasteiger partial charge in [-0.05, 0) is 37.6 Å². The van der Waals surface area contributed by atoms with Crippen LogP contribution in [-0.4, -0.2) is 93.5 Å². The molecule has 0 unspecified atom stereocenters. The van der Waals surface area contributed by atoms with E-state index in [1.165, 1.54) is 5.56 Å². The zero-order chi connectivity index (χ0) is 26.1. The van der Waals surface area contributed by atoms with Gasteiger partial charge >= 0.3 is 0 Å². The van der Waals surface area contributed by atoms with Crippen molar-refractivity contribution in [2.24, 2.45) is 0 Å². The molecule has 0 saturated heterocycles. The molecule has 2 aromatic carbocycles. The molecule has 1 aliphatic rings. The minimum absolute atomic E-state index is 0.334. The molecule has 0 spiro atoms. The van der Waals surface area contributed by atoms with Crippen LogP contribution >= 0.6 is 0 Å². The molecule has 0 aromatic heterocycles. The lowest BCUT2D eigenvalue weighted by atomic mass is 9.82. The van der Waals surface area contributed by atoms with Gasteiger partial charge in [0.1, 0.15) is 27.0 Å². The number of rotatable bonds is 13. The quantitative estimate of drug-likeness (QED) is 0.255. The second-order valence-corrected chi connectivity index (χ2v) is 9.56. The van der Waals surface area contributed by atoms with Gasteiger partial charge in [0.25, 0.3) is 0 Å². The fourth-order valence-electron chi connectivity index (χ4n) is 4.28. The molecule has 4 radical (unpaired) electrons. The number of hydrogen-bond acceptors (Lipinski definition) is 6. The highest BCUT2D eigenvalue weighted by molar-refractivity contribution is 6.34. The number of amides is 1. The van der Waals surface area contributed by atoms with Crippen LogP contribution in [0.15, 0.2) is 60.2 Å². The van der Waals surface area contributed by atoms with Gasteiger partial charge < -0.3 is 24.7 Å². The maximum absolute atomic E-state index is 11.9. The van der Waals surface area contributed by atoms with Crippen molar-refractivity contribution in [1.82, 2.24) is 9.80 Å². The summed E-state index contributed by atoms with van der Waals surface area (Å²) in [5.41, 5.74) is 2.32. The molecule has 1 aliphatic heterocycles. The molecule has 1 amide bonds. The van der Waals surface area contributed by atoms with Crippen LogP contribution in [0, 0.1) is 0 Å². The monoisotopic (exact) mass is 487 g/mol. The van der Waals surface area contributed by atoms with E-state index in [-0.39, 0.29) is 6.61 Å². The molecule has 1 heterocycles. The van der Waals surface area contributed by atoms with Crippen molar-refractivity contribution in [1.29, 1.82) is 0 Å². The summed E-state index contributed by atoms with van der Waals surface area (Å²) in [4.78, 5) is 17.9. The van der Waals surface area contributed by atoms with Gasteiger partial charge in [0.05, 0.1) is 6.61 Å². The molecule has 188 valence electrons. The summed E-state index contributed by atoms with van der Waals surface area (Å²) < 4.78 is 5.71. The van der Waals surface area contributed by atoms with Gasteiger partial charge in [-0.1, -0.05) is 42.5 Å². The average molecular weight is 487 g/mol. The second kappa shape index (κ2) is 13.1. The summed E-state index contributed by atoms with van der Waals surface area (Å²) in [5, 5.41) is 20.0. The second-order valence-electron chi connectivity index (χ2n) is 9.56. The Balaban J connectivity index is 1.69. The minimum atomic E-state index is -1.25. The number of aliphatic hydroxyl groups is 2. The van der Waals surface area contributed by atoms with Gasteiger partial charge in [0.2, 0.25) is 6.41 Å². The molecule has 2 N–H and O–H groups in total. The first kappa shape index (κ1) is 28.0. The van der Waals surface area contributed by atoms with Gasteiger partial charge in [0.15, 0.2) is 0 Å². The summed E-state index contributed by atoms with van der Waals surface area (Å²) >= 11 is 0. The molecular formula is C27H35B2N3O4. The highest BCUT2D eigenvalue weighted by Gasteiger charge is 2.28. The van der Waals surface area contributed by atoms with Crippen LogP contribution < -0.4 is 9.64 Å². The van der Waals surface area contributed by atoms with E-state index in [9.17, 15) is 15.0 Å². The van der Waals surface area contributed by atoms with E-state index in [0.29, 0.717) is 37.6 Å². The largest absolute Gasteiger partial charge is 0.509 e. The Bertz CT molecular complexity index is 1020. The number of nitrogens with zero attached hydrogens (tertiary/aromatic N) is 3. The number of anilines is 1. The van der Waals surface area contributed by atoms with E-state index >= 15 is 0 Å². The summed E-state index contributed by atoms with van der Waals surface area (Å²) in [7, 11) is 13.5. The van der Waals surface area contributed by atoms with Crippen LogP contribution in [-0.2, 0) is 17.9 Å². The van der Waals surface area contributed by atoms with E-state index in [0.717, 1.165) is 37.1 Å². The maximum Gasteiger partial charge on any atom is 0.214 e. The van der Waals surface area contributed by atoms with Crippen molar-refractivity contribution < 1.29 is 19.7 Å². The number of carbonyl (C=O) groups excluding carboxylic acids is 1. The van der Waals surface area contributed by atoms with Crippen molar-refractivity contribution >= 4 is 27.8 Å². The summed E-state index contributed by atoms with van der Waals surface area (Å²) in [6.45, 7) is 5.14. The molecule has 7 nitrogen and oxygen atoms in total. The Labute approximate surface area is 217 Å². The predicted octanol–water partition coefficient (Wildman–Crippen LogP) is 1.66. The van der Waals surface area contributed by atoms with Gasteiger partial charge in [-0.3, -0.25) is 9.69 Å². The van der Waals surface area contributed by atoms with Crippen LogP contribution in [0.5, 0.6) is 5.75 Å². The van der Waals surface area contributed by atoms with E-state index < -0.39 is 11.5 Å². The Hall–Kier alpha value is -2.58. The smallest absolute Gasteiger partial charge is 0.214 e. The fourth-order valence-corrected chi connectivity index (χ4v) is 4.28. The summed E-state index contributed by atoms with van der Waals surface area (Å²) in [6.07, 6.45) is 3.57. The van der Waals surface area contributed by atoms with E-state index in [2.05, 4.69) is 21.9 Å². The first-order valence-electron chi connectivity index (χ1n) is 12.2. The lowest BCUT2D eigenvalue weighted by molar-refractivity contribution is -0.107. The normalized spacial score (nSPS) is 16.0. The first-order valence-corrected chi connectivity index (χ1v) is 12.2. The van der Waals surface area contributed by atoms with Crippen LogP contribution in [0.1, 0.15) is 24.5 Å². The number of aliphatic hydroxyl groups excluding tert-OH is 1. The van der Waals surface area contributed by atoms with Crippen molar-refractivity contribution in [3.63, 3.8) is 0 Å². The van der Waals surface area contributed by atoms with E-state index in [1.807, 2.05) is 43.5 Å². The van der Waals surface area contributed by atoms with Crippen LogP contribution in [0.3, 0.4) is 0 Å². The van der Waals surface area contributed by atoms with Gasteiger partial charge in [0, 0.05) is 62.5 Å². The van der Waals surface area contributed by atoms with Crippen molar-refractivity contribution in [2.75, 3.05) is 44.7 Å². The van der Waals surface area contributed by atoms with E-state index in [1.54, 1.807) is 17.9 Å². The Kier molecular flexibility index (Phi) is 10.2. The number of likely N-dealkylation sites (N-methyl/N-ethyl adjacent to an activating group) is 1. The molecule has 2 aromatic rings. The van der Waals surface area contributed by atoms with Gasteiger partial charge in [-0.15, -0.1) is 0 Å². The first-order chi connectivity index (χ1) is 17.2. The Morgan fingerprint density at radius 1 is 1.19 bits per heavy atom. The SMILES string of the molecule is [B]C([B])Oc1cc(N(C=O)CCN(C)Cc2ccccc2)ccc1CN1CCC=C([C@](C)(O)CO)C1. The van der Waals surface area contributed by atoms with E-state index in [4.69, 9.17) is 20.4 Å². The molecule has 0 bridgehead atoms. The highest BCUT2D eigenvalue weighted by Crippen LogP contribution is 2.29. The fraction of sp³-hybridized carbons (Fsp3) is 0.444. The summed E-state index contributed by atoms with van der Waals surface area (Å²) in [5.74, 6) is -0.496. The van der Waals surface area contributed by atoms with Crippen LogP contribution in [0.25, 0.3) is 0 Å². The number of benzene rings is 2. The molecule has 0 aliphatic carbocycles. The lowest BCUT2D eigenvalue weighted by Crippen LogP contribution is -2.40. The third-order valence-corrected chi connectivity index (χ3v) is 6.41.